The van der Waals surface area contributed by atoms with Gasteiger partial charge in [0.1, 0.15) is 6.61 Å². The number of rotatable bonds is 9. The molecule has 20 heavy (non-hydrogen) atoms. The zero-order valence-corrected chi connectivity index (χ0v) is 12.6. The highest BCUT2D eigenvalue weighted by molar-refractivity contribution is 5.70. The predicted octanol–water partition coefficient (Wildman–Crippen LogP) is 2.48. The monoisotopic (exact) mass is 279 g/mol. The van der Waals surface area contributed by atoms with Gasteiger partial charge in [0, 0.05) is 12.6 Å². The molecule has 0 bridgehead atoms. The molecule has 1 unspecified atom stereocenters. The van der Waals surface area contributed by atoms with E-state index in [4.69, 9.17) is 9.47 Å². The van der Waals surface area contributed by atoms with Crippen molar-refractivity contribution in [2.24, 2.45) is 0 Å². The van der Waals surface area contributed by atoms with E-state index in [-0.39, 0.29) is 18.6 Å². The third-order valence-electron chi connectivity index (χ3n) is 3.11. The minimum absolute atomic E-state index is 0.0229. The summed E-state index contributed by atoms with van der Waals surface area (Å²) < 4.78 is 10.0. The van der Waals surface area contributed by atoms with Crippen LogP contribution in [0.5, 0.6) is 0 Å². The average molecular weight is 279 g/mol. The van der Waals surface area contributed by atoms with Crippen molar-refractivity contribution in [3.8, 4) is 0 Å². The van der Waals surface area contributed by atoms with Crippen LogP contribution in [0.3, 0.4) is 0 Å². The van der Waals surface area contributed by atoms with E-state index in [1.165, 1.54) is 11.1 Å². The van der Waals surface area contributed by atoms with Crippen LogP contribution in [0.2, 0.25) is 0 Å². The van der Waals surface area contributed by atoms with Gasteiger partial charge in [-0.2, -0.15) is 0 Å². The van der Waals surface area contributed by atoms with Gasteiger partial charge < -0.3 is 14.8 Å². The van der Waals surface area contributed by atoms with E-state index in [0.29, 0.717) is 19.8 Å². The number of hydrogen-bond donors (Lipinski definition) is 1. The Morgan fingerprint density at radius 2 is 1.95 bits per heavy atom. The number of carbonyl (C=O) groups is 1. The molecule has 4 heteroatoms. The summed E-state index contributed by atoms with van der Waals surface area (Å²) in [5.41, 5.74) is 2.60. The van der Waals surface area contributed by atoms with Crippen LogP contribution >= 0.6 is 0 Å². The Labute approximate surface area is 121 Å². The molecular formula is C16H25NO3. The molecule has 1 aromatic carbocycles. The second-order valence-electron chi connectivity index (χ2n) is 4.63. The van der Waals surface area contributed by atoms with Gasteiger partial charge in [0.05, 0.1) is 13.2 Å². The van der Waals surface area contributed by atoms with Gasteiger partial charge in [-0.1, -0.05) is 31.2 Å². The molecule has 0 aliphatic heterocycles. The van der Waals surface area contributed by atoms with E-state index in [1.807, 2.05) is 0 Å². The van der Waals surface area contributed by atoms with E-state index in [0.717, 1.165) is 6.42 Å². The molecule has 0 fully saturated rings. The highest BCUT2D eigenvalue weighted by atomic mass is 16.6. The van der Waals surface area contributed by atoms with Gasteiger partial charge in [-0.15, -0.1) is 0 Å². The smallest absolute Gasteiger partial charge is 0.332 e. The molecular weight excluding hydrogens is 254 g/mol. The Morgan fingerprint density at radius 3 is 2.55 bits per heavy atom. The molecule has 0 spiro atoms. The van der Waals surface area contributed by atoms with E-state index >= 15 is 0 Å². The Kier molecular flexibility index (Phi) is 7.92. The van der Waals surface area contributed by atoms with Gasteiger partial charge in [-0.05, 0) is 31.4 Å². The zero-order valence-electron chi connectivity index (χ0n) is 12.6. The lowest BCUT2D eigenvalue weighted by atomic mass is 10.1. The maximum atomic E-state index is 11.1. The first-order chi connectivity index (χ1) is 9.67. The van der Waals surface area contributed by atoms with Gasteiger partial charge in [-0.3, -0.25) is 0 Å². The lowest BCUT2D eigenvalue weighted by Gasteiger charge is -2.14. The van der Waals surface area contributed by atoms with Gasteiger partial charge in [-0.25, -0.2) is 4.79 Å². The molecule has 4 nitrogen and oxygen atoms in total. The van der Waals surface area contributed by atoms with Crippen molar-refractivity contribution in [2.45, 2.75) is 33.2 Å². The van der Waals surface area contributed by atoms with Crippen molar-refractivity contribution in [3.05, 3.63) is 35.4 Å². The number of benzene rings is 1. The van der Waals surface area contributed by atoms with Crippen molar-refractivity contribution in [2.75, 3.05) is 26.4 Å². The molecule has 1 atom stereocenters. The minimum Gasteiger partial charge on any atom is -0.464 e. The Hall–Kier alpha value is -1.39. The summed E-state index contributed by atoms with van der Waals surface area (Å²) in [5.74, 6) is -0.310. The van der Waals surface area contributed by atoms with E-state index in [2.05, 4.69) is 43.4 Å². The van der Waals surface area contributed by atoms with Crippen LogP contribution in [0, 0.1) is 0 Å². The summed E-state index contributed by atoms with van der Waals surface area (Å²) in [7, 11) is 0. The summed E-state index contributed by atoms with van der Waals surface area (Å²) in [5, 5.41) is 3.36. The van der Waals surface area contributed by atoms with Gasteiger partial charge >= 0.3 is 5.97 Å². The summed E-state index contributed by atoms with van der Waals surface area (Å²) in [6.45, 7) is 7.67. The molecule has 0 aromatic heterocycles. The van der Waals surface area contributed by atoms with E-state index < -0.39 is 0 Å². The molecule has 0 radical (unpaired) electrons. The van der Waals surface area contributed by atoms with Crippen LogP contribution in [-0.4, -0.2) is 32.3 Å². The lowest BCUT2D eigenvalue weighted by Crippen LogP contribution is -2.24. The number of nitrogens with one attached hydrogen (secondary N) is 1. The molecule has 0 saturated heterocycles. The normalized spacial score (nSPS) is 12.2. The number of ether oxygens (including phenoxy) is 2. The first-order valence-electron chi connectivity index (χ1n) is 7.23. The lowest BCUT2D eigenvalue weighted by molar-refractivity contribution is -0.148. The fraction of sp³-hybridized carbons (Fsp3) is 0.562. The Bertz CT molecular complexity index is 389. The number of hydrogen-bond acceptors (Lipinski definition) is 4. The topological polar surface area (TPSA) is 47.6 Å². The minimum atomic E-state index is -0.310. The van der Waals surface area contributed by atoms with Crippen molar-refractivity contribution in [3.63, 3.8) is 0 Å². The van der Waals surface area contributed by atoms with Gasteiger partial charge in [0.2, 0.25) is 0 Å². The average Bonchev–Trinajstić information content (AvgIpc) is 2.47. The fourth-order valence-corrected chi connectivity index (χ4v) is 1.87. The molecule has 0 aliphatic rings. The van der Waals surface area contributed by atoms with E-state index in [9.17, 15) is 4.79 Å². The highest BCUT2D eigenvalue weighted by Gasteiger charge is 2.05. The third-order valence-corrected chi connectivity index (χ3v) is 3.11. The first kappa shape index (κ1) is 16.7. The van der Waals surface area contributed by atoms with Crippen LogP contribution in [0.15, 0.2) is 24.3 Å². The second-order valence-corrected chi connectivity index (χ2v) is 4.63. The van der Waals surface area contributed by atoms with Crippen LogP contribution in [0.1, 0.15) is 37.9 Å². The summed E-state index contributed by atoms with van der Waals surface area (Å²) in [6.07, 6.45) is 1.06. The molecule has 1 N–H and O–H groups in total. The zero-order chi connectivity index (χ0) is 14.8. The summed E-state index contributed by atoms with van der Waals surface area (Å²) >= 11 is 0. The maximum absolute atomic E-state index is 11.1. The Morgan fingerprint density at radius 1 is 1.25 bits per heavy atom. The largest absolute Gasteiger partial charge is 0.464 e. The summed E-state index contributed by atoms with van der Waals surface area (Å²) in [4.78, 5) is 11.1. The van der Waals surface area contributed by atoms with Gasteiger partial charge in [0.25, 0.3) is 0 Å². The van der Waals surface area contributed by atoms with Crippen LogP contribution in [-0.2, 0) is 20.7 Å². The second kappa shape index (κ2) is 9.50. The molecule has 1 rings (SSSR count). The molecule has 112 valence electrons. The first-order valence-corrected chi connectivity index (χ1v) is 7.23. The number of aryl methyl sites for hydroxylation is 1. The Balaban J connectivity index is 2.19. The third kappa shape index (κ3) is 6.17. The van der Waals surface area contributed by atoms with Crippen LogP contribution in [0.25, 0.3) is 0 Å². The van der Waals surface area contributed by atoms with E-state index in [1.54, 1.807) is 6.92 Å². The number of carbonyl (C=O) groups excluding carboxylic acids is 1. The van der Waals surface area contributed by atoms with Crippen LogP contribution in [0.4, 0.5) is 0 Å². The van der Waals surface area contributed by atoms with Crippen molar-refractivity contribution in [1.82, 2.24) is 5.32 Å². The molecule has 0 amide bonds. The summed E-state index contributed by atoms with van der Waals surface area (Å²) in [6, 6.07) is 8.88. The predicted molar refractivity (Wildman–Crippen MR) is 79.7 cm³/mol. The standard InChI is InChI=1S/C16H25NO3/c1-4-14-6-8-15(9-7-14)13(3)17-10-11-19-12-16(18)20-5-2/h6-9,13,17H,4-5,10-12H2,1-3H3. The van der Waals surface area contributed by atoms with Crippen molar-refractivity contribution < 1.29 is 14.3 Å². The fourth-order valence-electron chi connectivity index (χ4n) is 1.87. The van der Waals surface area contributed by atoms with Crippen LogP contribution < -0.4 is 5.32 Å². The molecule has 1 aromatic rings. The van der Waals surface area contributed by atoms with Crippen molar-refractivity contribution in [1.29, 1.82) is 0 Å². The highest BCUT2D eigenvalue weighted by Crippen LogP contribution is 2.13. The SMILES string of the molecule is CCOC(=O)COCCNC(C)c1ccc(CC)cc1. The molecule has 0 aliphatic carbocycles. The molecule has 0 saturated carbocycles. The number of esters is 1. The quantitative estimate of drug-likeness (QED) is 0.557. The van der Waals surface area contributed by atoms with Gasteiger partial charge in [0.15, 0.2) is 0 Å². The maximum Gasteiger partial charge on any atom is 0.332 e. The van der Waals surface area contributed by atoms with Crippen molar-refractivity contribution >= 4 is 5.97 Å². The molecule has 0 heterocycles.